The molecule has 3 heterocycles. The van der Waals surface area contributed by atoms with Crippen molar-refractivity contribution in [2.75, 3.05) is 36.9 Å². The van der Waals surface area contributed by atoms with E-state index < -0.39 is 5.91 Å². The number of rotatable bonds is 8. The fourth-order valence-electron chi connectivity index (χ4n) is 4.09. The maximum absolute atomic E-state index is 11.1. The van der Waals surface area contributed by atoms with Gasteiger partial charge >= 0.3 is 0 Å². The van der Waals surface area contributed by atoms with Crippen molar-refractivity contribution in [3.8, 4) is 11.4 Å². The summed E-state index contributed by atoms with van der Waals surface area (Å²) in [5.41, 5.74) is 12.0. The molecule has 1 fully saturated rings. The molecule has 1 amide bonds. The number of morpholine rings is 1. The van der Waals surface area contributed by atoms with Crippen molar-refractivity contribution >= 4 is 45.0 Å². The fourth-order valence-corrected chi connectivity index (χ4v) is 5.17. The number of hydroxylamine groups is 1. The highest BCUT2D eigenvalue weighted by Crippen LogP contribution is 2.34. The van der Waals surface area contributed by atoms with Crippen LogP contribution < -0.4 is 21.4 Å². The molecule has 0 spiro atoms. The number of aromatic nitrogens is 2. The lowest BCUT2D eigenvalue weighted by molar-refractivity contribution is -0.124. The van der Waals surface area contributed by atoms with Crippen molar-refractivity contribution in [1.29, 1.82) is 0 Å². The van der Waals surface area contributed by atoms with Crippen LogP contribution in [0.1, 0.15) is 16.0 Å². The van der Waals surface area contributed by atoms with Crippen LogP contribution in [0.2, 0.25) is 0 Å². The first kappa shape index (κ1) is 24.8. The molecule has 0 atom stereocenters. The second kappa shape index (κ2) is 11.5. The van der Waals surface area contributed by atoms with Crippen LogP contribution in [0, 0.1) is 0 Å². The first-order chi connectivity index (χ1) is 18.1. The summed E-state index contributed by atoms with van der Waals surface area (Å²) in [6.07, 6.45) is 2.92. The normalized spacial score (nSPS) is 13.9. The molecule has 2 aromatic carbocycles. The Morgan fingerprint density at radius 1 is 1.08 bits per heavy atom. The van der Waals surface area contributed by atoms with Gasteiger partial charge in [-0.25, -0.2) is 15.4 Å². The average molecular weight is 517 g/mol. The number of hydrogen-bond acceptors (Lipinski definition) is 9. The van der Waals surface area contributed by atoms with E-state index in [1.165, 1.54) is 11.0 Å². The smallest absolute Gasteiger partial charge is 0.267 e. The molecule has 0 unspecified atom stereocenters. The molecule has 5 N–H and O–H groups in total. The number of thiophene rings is 1. The molecule has 1 saturated heterocycles. The van der Waals surface area contributed by atoms with Crippen LogP contribution in [0.15, 0.2) is 60.7 Å². The lowest BCUT2D eigenvalue weighted by Gasteiger charge is -2.28. The lowest BCUT2D eigenvalue weighted by Crippen LogP contribution is -2.36. The second-order valence-corrected chi connectivity index (χ2v) is 9.81. The van der Waals surface area contributed by atoms with Crippen LogP contribution in [-0.4, -0.2) is 47.4 Å². The van der Waals surface area contributed by atoms with Crippen molar-refractivity contribution in [1.82, 2.24) is 20.8 Å². The zero-order valence-corrected chi connectivity index (χ0v) is 21.0. The van der Waals surface area contributed by atoms with E-state index in [9.17, 15) is 4.79 Å². The third-order valence-corrected chi connectivity index (χ3v) is 7.15. The summed E-state index contributed by atoms with van der Waals surface area (Å²) in [4.78, 5) is 24.4. The maximum Gasteiger partial charge on any atom is 0.267 e. The molecule has 1 aliphatic rings. The van der Waals surface area contributed by atoms with E-state index in [0.29, 0.717) is 37.8 Å². The zero-order chi connectivity index (χ0) is 25.6. The highest BCUT2D eigenvalue weighted by Gasteiger charge is 2.20. The average Bonchev–Trinajstić information content (AvgIpc) is 3.35. The number of nitrogens with one attached hydrogen (secondary N) is 2. The van der Waals surface area contributed by atoms with Crippen molar-refractivity contribution in [2.24, 2.45) is 0 Å². The van der Waals surface area contributed by atoms with E-state index in [1.807, 2.05) is 48.5 Å². The van der Waals surface area contributed by atoms with Gasteiger partial charge in [0.15, 0.2) is 11.6 Å². The zero-order valence-electron chi connectivity index (χ0n) is 20.2. The third kappa shape index (κ3) is 6.12. The summed E-state index contributed by atoms with van der Waals surface area (Å²) in [5, 5.41) is 12.1. The summed E-state index contributed by atoms with van der Waals surface area (Å²) < 4.78 is 6.65. The van der Waals surface area contributed by atoms with Gasteiger partial charge in [0, 0.05) is 48.4 Å². The number of amides is 1. The van der Waals surface area contributed by atoms with Gasteiger partial charge in [-0.05, 0) is 47.5 Å². The Morgan fingerprint density at radius 2 is 1.84 bits per heavy atom. The van der Waals surface area contributed by atoms with Gasteiger partial charge in [-0.1, -0.05) is 24.3 Å². The molecule has 0 saturated carbocycles. The fraction of sp³-hybridized carbons (Fsp3) is 0.222. The topological polar surface area (TPSA) is 126 Å². The van der Waals surface area contributed by atoms with Gasteiger partial charge in [-0.2, -0.15) is 0 Å². The Kier molecular flexibility index (Phi) is 7.71. The van der Waals surface area contributed by atoms with Crippen LogP contribution >= 0.6 is 11.3 Å². The predicted molar refractivity (Wildman–Crippen MR) is 146 cm³/mol. The Morgan fingerprint density at radius 3 is 2.57 bits per heavy atom. The number of ether oxygens (including phenoxy) is 1. The number of benzene rings is 2. The maximum atomic E-state index is 11.1. The summed E-state index contributed by atoms with van der Waals surface area (Å²) in [5.74, 6) is 1.09. The lowest BCUT2D eigenvalue weighted by atomic mass is 10.1. The Bertz CT molecular complexity index is 1400. The summed E-state index contributed by atoms with van der Waals surface area (Å²) in [6, 6.07) is 17.7. The molecular formula is C27H28N6O3S. The van der Waals surface area contributed by atoms with Crippen LogP contribution in [0.3, 0.4) is 0 Å². The first-order valence-corrected chi connectivity index (χ1v) is 12.8. The minimum Gasteiger partial charge on any atom is -0.399 e. The van der Waals surface area contributed by atoms with Crippen molar-refractivity contribution in [3.63, 3.8) is 0 Å². The standard InChI is InChI=1S/C27H28N6O3S/c28-21-8-6-20(7-9-21)26-30-23-15-22(37-25(23)27(31-26)33-11-13-36-14-12-33)17-29-16-19-3-1-18(2-4-19)5-10-24(34)32-35/h1-10,15,29,35H,11-14,16-17,28H2,(H,32,34)/b10-5+. The third-order valence-electron chi connectivity index (χ3n) is 6.03. The minimum absolute atomic E-state index is 0.559. The molecule has 10 heteroatoms. The second-order valence-electron chi connectivity index (χ2n) is 8.67. The van der Waals surface area contributed by atoms with Crippen LogP contribution in [0.25, 0.3) is 27.7 Å². The number of nitrogens with zero attached hydrogens (tertiary/aromatic N) is 3. The van der Waals surface area contributed by atoms with Crippen molar-refractivity contribution in [2.45, 2.75) is 13.1 Å². The highest BCUT2D eigenvalue weighted by atomic mass is 32.1. The van der Waals surface area contributed by atoms with E-state index in [-0.39, 0.29) is 0 Å². The van der Waals surface area contributed by atoms with Gasteiger partial charge in [0.05, 0.1) is 23.4 Å². The monoisotopic (exact) mass is 516 g/mol. The van der Waals surface area contributed by atoms with Gasteiger partial charge in [-0.15, -0.1) is 11.3 Å². The van der Waals surface area contributed by atoms with E-state index in [1.54, 1.807) is 22.9 Å². The Hall–Kier alpha value is -3.83. The Balaban J connectivity index is 1.32. The molecule has 0 aliphatic carbocycles. The molecule has 4 aromatic rings. The van der Waals surface area contributed by atoms with E-state index in [4.69, 9.17) is 25.6 Å². The highest BCUT2D eigenvalue weighted by molar-refractivity contribution is 7.19. The molecule has 9 nitrogen and oxygen atoms in total. The van der Waals surface area contributed by atoms with E-state index in [2.05, 4.69) is 16.3 Å². The van der Waals surface area contributed by atoms with Gasteiger partial charge in [0.2, 0.25) is 0 Å². The number of hydrogen-bond donors (Lipinski definition) is 4. The number of carbonyl (C=O) groups excluding carboxylic acids is 1. The number of fused-ring (bicyclic) bond motifs is 1. The molecule has 190 valence electrons. The molecule has 0 bridgehead atoms. The van der Waals surface area contributed by atoms with Gasteiger partial charge in [0.1, 0.15) is 0 Å². The molecule has 1 aliphatic heterocycles. The molecule has 37 heavy (non-hydrogen) atoms. The number of nitrogens with two attached hydrogens (primary N) is 1. The van der Waals surface area contributed by atoms with Gasteiger partial charge in [0.25, 0.3) is 5.91 Å². The van der Waals surface area contributed by atoms with Crippen LogP contribution in [-0.2, 0) is 22.6 Å². The van der Waals surface area contributed by atoms with E-state index >= 15 is 0 Å². The summed E-state index contributed by atoms with van der Waals surface area (Å²) in [6.45, 7) is 4.38. The molecular weight excluding hydrogens is 488 g/mol. The van der Waals surface area contributed by atoms with E-state index in [0.717, 1.165) is 45.8 Å². The number of anilines is 2. The van der Waals surface area contributed by atoms with Gasteiger partial charge < -0.3 is 20.7 Å². The first-order valence-electron chi connectivity index (χ1n) is 12.0. The molecule has 2 aromatic heterocycles. The van der Waals surface area contributed by atoms with Crippen LogP contribution in [0.4, 0.5) is 11.5 Å². The van der Waals surface area contributed by atoms with Crippen molar-refractivity contribution < 1.29 is 14.7 Å². The van der Waals surface area contributed by atoms with Gasteiger partial charge in [-0.3, -0.25) is 10.0 Å². The minimum atomic E-state index is -0.559. The quantitative estimate of drug-likeness (QED) is 0.121. The summed E-state index contributed by atoms with van der Waals surface area (Å²) in [7, 11) is 0. The summed E-state index contributed by atoms with van der Waals surface area (Å²) >= 11 is 1.72. The SMILES string of the molecule is Nc1ccc(-c2nc(N3CCOCC3)c3sc(CNCc4ccc(/C=C/C(=O)NO)cc4)cc3n2)cc1. The molecule has 5 rings (SSSR count). The number of carbonyl (C=O) groups is 1. The molecule has 0 radical (unpaired) electrons. The number of nitrogen functional groups attached to an aromatic ring is 1. The predicted octanol–water partition coefficient (Wildman–Crippen LogP) is 3.59. The van der Waals surface area contributed by atoms with Crippen LogP contribution in [0.5, 0.6) is 0 Å². The largest absolute Gasteiger partial charge is 0.399 e. The van der Waals surface area contributed by atoms with Crippen molar-refractivity contribution in [3.05, 3.63) is 76.7 Å². The Labute approximate surface area is 218 Å².